The molecule has 0 radical (unpaired) electrons. The standard InChI is InChI=1S/C27H31N7O5S/c1-27(2,3)39-26(36)32-20-11-14-33(16-22(20)35)21-10-13-29-24-23(21)18(19-9-12-30-25(28)31-19)15-34(24)40(37,38)17-7-5-4-6-8-17/h4-10,12-13,15,20,22,35H,11,14,16H2,1-3H3,(H,32,36)(H2,28,30,31)/t20-,22-/m0/s1. The first-order chi connectivity index (χ1) is 18.9. The van der Waals surface area contributed by atoms with Gasteiger partial charge in [-0.3, -0.25) is 0 Å². The summed E-state index contributed by atoms with van der Waals surface area (Å²) in [7, 11) is -4.01. The number of hydrogen-bond acceptors (Lipinski definition) is 10. The predicted molar refractivity (Wildman–Crippen MR) is 150 cm³/mol. The second-order valence-corrected chi connectivity index (χ2v) is 12.4. The third-order valence-electron chi connectivity index (χ3n) is 6.51. The van der Waals surface area contributed by atoms with Crippen molar-refractivity contribution in [1.82, 2.24) is 24.2 Å². The first-order valence-corrected chi connectivity index (χ1v) is 14.2. The van der Waals surface area contributed by atoms with Crippen LogP contribution in [0.5, 0.6) is 0 Å². The van der Waals surface area contributed by atoms with E-state index in [0.29, 0.717) is 35.3 Å². The number of aliphatic hydroxyl groups is 1. The van der Waals surface area contributed by atoms with Gasteiger partial charge in [-0.25, -0.2) is 32.1 Å². The number of fused-ring (bicyclic) bond motifs is 1. The molecule has 4 N–H and O–H groups in total. The van der Waals surface area contributed by atoms with Gasteiger partial charge in [0.15, 0.2) is 5.65 Å². The Kier molecular flexibility index (Phi) is 7.10. The molecule has 13 heteroatoms. The molecule has 1 fully saturated rings. The molecule has 0 saturated carbocycles. The molecule has 0 spiro atoms. The number of pyridine rings is 1. The molecule has 40 heavy (non-hydrogen) atoms. The molecule has 1 amide bonds. The smallest absolute Gasteiger partial charge is 0.407 e. The molecule has 0 aliphatic carbocycles. The molecule has 12 nitrogen and oxygen atoms in total. The van der Waals surface area contributed by atoms with Crippen molar-refractivity contribution in [2.75, 3.05) is 23.7 Å². The number of benzene rings is 1. The molecule has 0 bridgehead atoms. The number of ether oxygens (including phenoxy) is 1. The van der Waals surface area contributed by atoms with Crippen molar-refractivity contribution in [3.63, 3.8) is 0 Å². The van der Waals surface area contributed by atoms with Crippen molar-refractivity contribution in [3.8, 4) is 11.3 Å². The summed E-state index contributed by atoms with van der Waals surface area (Å²) in [5.41, 5.74) is 6.99. The average Bonchev–Trinajstić information content (AvgIpc) is 3.30. The number of nitrogen functional groups attached to an aromatic ring is 1. The van der Waals surface area contributed by atoms with Crippen molar-refractivity contribution in [1.29, 1.82) is 0 Å². The van der Waals surface area contributed by atoms with E-state index < -0.39 is 33.9 Å². The Hall–Kier alpha value is -4.23. The zero-order valence-corrected chi connectivity index (χ0v) is 23.2. The van der Waals surface area contributed by atoms with E-state index in [1.165, 1.54) is 30.7 Å². The van der Waals surface area contributed by atoms with Crippen LogP contribution in [0, 0.1) is 0 Å². The third-order valence-corrected chi connectivity index (χ3v) is 8.17. The Morgan fingerprint density at radius 2 is 1.85 bits per heavy atom. The zero-order valence-electron chi connectivity index (χ0n) is 22.4. The van der Waals surface area contributed by atoms with Crippen molar-refractivity contribution in [3.05, 3.63) is 61.1 Å². The van der Waals surface area contributed by atoms with Crippen LogP contribution in [0.1, 0.15) is 27.2 Å². The van der Waals surface area contributed by atoms with Gasteiger partial charge in [0.1, 0.15) is 5.60 Å². The Bertz CT molecular complexity index is 1650. The highest BCUT2D eigenvalue weighted by atomic mass is 32.2. The fourth-order valence-electron chi connectivity index (χ4n) is 4.76. The van der Waals surface area contributed by atoms with Crippen LogP contribution in [0.15, 0.2) is 66.0 Å². The molecule has 1 aliphatic rings. The maximum absolute atomic E-state index is 13.7. The number of nitrogens with one attached hydrogen (secondary N) is 1. The number of amides is 1. The molecule has 1 saturated heterocycles. The van der Waals surface area contributed by atoms with Gasteiger partial charge < -0.3 is 25.8 Å². The van der Waals surface area contributed by atoms with E-state index in [9.17, 15) is 18.3 Å². The van der Waals surface area contributed by atoms with Gasteiger partial charge in [-0.2, -0.15) is 0 Å². The summed E-state index contributed by atoms with van der Waals surface area (Å²) in [5, 5.41) is 14.2. The number of nitrogens with two attached hydrogens (primary N) is 1. The van der Waals surface area contributed by atoms with Crippen LogP contribution in [-0.2, 0) is 14.8 Å². The van der Waals surface area contributed by atoms with Crippen molar-refractivity contribution in [2.24, 2.45) is 0 Å². The number of rotatable bonds is 5. The quantitative estimate of drug-likeness (QED) is 0.327. The predicted octanol–water partition coefficient (Wildman–Crippen LogP) is 2.78. The number of anilines is 2. The number of nitrogens with zero attached hydrogens (tertiary/aromatic N) is 5. The monoisotopic (exact) mass is 565 g/mol. The number of β-amino-alcohol motifs (C(OH)–C–C–N with tert-alkyl or cyclic N) is 1. The first-order valence-electron chi connectivity index (χ1n) is 12.8. The topological polar surface area (TPSA) is 166 Å². The van der Waals surface area contributed by atoms with Crippen molar-refractivity contribution >= 4 is 38.8 Å². The van der Waals surface area contributed by atoms with E-state index in [4.69, 9.17) is 10.5 Å². The highest BCUT2D eigenvalue weighted by Gasteiger charge is 2.33. The van der Waals surface area contributed by atoms with Crippen LogP contribution < -0.4 is 16.0 Å². The molecule has 0 unspecified atom stereocenters. The minimum Gasteiger partial charge on any atom is -0.444 e. The molecule has 4 heterocycles. The highest BCUT2D eigenvalue weighted by molar-refractivity contribution is 7.90. The minimum atomic E-state index is -4.01. The lowest BCUT2D eigenvalue weighted by molar-refractivity contribution is 0.0402. The summed E-state index contributed by atoms with van der Waals surface area (Å²) in [6.07, 6.45) is 3.45. The number of alkyl carbamates (subject to hydrolysis) is 1. The molecular formula is C27H31N7O5S. The van der Waals surface area contributed by atoms with Gasteiger partial charge in [-0.05, 0) is 51.5 Å². The minimum absolute atomic E-state index is 0.0409. The number of piperidine rings is 1. The third kappa shape index (κ3) is 5.42. The van der Waals surface area contributed by atoms with E-state index in [2.05, 4.69) is 20.3 Å². The molecule has 210 valence electrons. The SMILES string of the molecule is CC(C)(C)OC(=O)N[C@H]1CCN(c2ccnc3c2c(-c2ccnc(N)n2)cn3S(=O)(=O)c2ccccc2)C[C@@H]1O. The van der Waals surface area contributed by atoms with E-state index in [1.807, 2.05) is 4.90 Å². The van der Waals surface area contributed by atoms with Gasteiger partial charge in [0.2, 0.25) is 5.95 Å². The molecule has 1 aliphatic heterocycles. The normalized spacial score (nSPS) is 18.1. The Morgan fingerprint density at radius 1 is 1.12 bits per heavy atom. The summed E-state index contributed by atoms with van der Waals surface area (Å²) >= 11 is 0. The van der Waals surface area contributed by atoms with E-state index >= 15 is 0 Å². The summed E-state index contributed by atoms with van der Waals surface area (Å²) in [5.74, 6) is 0.0409. The summed E-state index contributed by atoms with van der Waals surface area (Å²) in [6.45, 7) is 5.97. The second kappa shape index (κ2) is 10.4. The average molecular weight is 566 g/mol. The number of aromatic nitrogens is 4. The molecule has 1 aromatic carbocycles. The Morgan fingerprint density at radius 3 is 2.52 bits per heavy atom. The molecule has 5 rings (SSSR count). The van der Waals surface area contributed by atoms with E-state index in [-0.39, 0.29) is 23.0 Å². The maximum Gasteiger partial charge on any atom is 0.407 e. The number of aliphatic hydroxyl groups excluding tert-OH is 1. The van der Waals surface area contributed by atoms with Crippen LogP contribution in [-0.4, -0.2) is 69.4 Å². The fraction of sp³-hybridized carbons (Fsp3) is 0.333. The number of hydrogen-bond donors (Lipinski definition) is 3. The lowest BCUT2D eigenvalue weighted by Crippen LogP contribution is -2.54. The maximum atomic E-state index is 13.7. The van der Waals surface area contributed by atoms with Gasteiger partial charge in [-0.15, -0.1) is 0 Å². The zero-order chi connectivity index (χ0) is 28.7. The van der Waals surface area contributed by atoms with Gasteiger partial charge in [0.25, 0.3) is 10.0 Å². The van der Waals surface area contributed by atoms with Gasteiger partial charge in [0.05, 0.1) is 33.8 Å². The lowest BCUT2D eigenvalue weighted by atomic mass is 10.0. The summed E-state index contributed by atoms with van der Waals surface area (Å²) in [6, 6.07) is 11.0. The van der Waals surface area contributed by atoms with Crippen LogP contribution in [0.4, 0.5) is 16.4 Å². The van der Waals surface area contributed by atoms with Crippen molar-refractivity contribution in [2.45, 2.75) is 49.8 Å². The molecule has 2 atom stereocenters. The van der Waals surface area contributed by atoms with Crippen LogP contribution in [0.3, 0.4) is 0 Å². The molecular weight excluding hydrogens is 534 g/mol. The largest absolute Gasteiger partial charge is 0.444 e. The van der Waals surface area contributed by atoms with E-state index in [0.717, 1.165) is 3.97 Å². The summed E-state index contributed by atoms with van der Waals surface area (Å²) < 4.78 is 33.9. The van der Waals surface area contributed by atoms with Gasteiger partial charge >= 0.3 is 6.09 Å². The van der Waals surface area contributed by atoms with Gasteiger partial charge in [0, 0.05) is 37.2 Å². The Balaban J connectivity index is 1.56. The van der Waals surface area contributed by atoms with Crippen LogP contribution >= 0.6 is 0 Å². The lowest BCUT2D eigenvalue weighted by Gasteiger charge is -2.38. The Labute approximate surface area is 231 Å². The van der Waals surface area contributed by atoms with E-state index in [1.54, 1.807) is 51.1 Å². The van der Waals surface area contributed by atoms with Crippen LogP contribution in [0.2, 0.25) is 0 Å². The molecule has 3 aromatic heterocycles. The number of carbonyl (C=O) groups is 1. The fourth-order valence-corrected chi connectivity index (χ4v) is 6.10. The highest BCUT2D eigenvalue weighted by Crippen LogP contribution is 2.38. The van der Waals surface area contributed by atoms with Crippen LogP contribution in [0.25, 0.3) is 22.3 Å². The first kappa shape index (κ1) is 27.3. The van der Waals surface area contributed by atoms with Gasteiger partial charge in [-0.1, -0.05) is 18.2 Å². The summed E-state index contributed by atoms with van der Waals surface area (Å²) in [4.78, 5) is 27.1. The second-order valence-electron chi connectivity index (χ2n) is 10.5. The number of carbonyl (C=O) groups excluding carboxylic acids is 1. The van der Waals surface area contributed by atoms with Crippen molar-refractivity contribution < 1.29 is 23.1 Å². The molecule has 4 aromatic rings.